The van der Waals surface area contributed by atoms with E-state index in [-0.39, 0.29) is 36.1 Å². The molecule has 0 fully saturated rings. The summed E-state index contributed by atoms with van der Waals surface area (Å²) in [5.74, 6) is 0.169. The molecule has 4 aromatic carbocycles. The molecular weight excluding hydrogens is 472 g/mol. The Morgan fingerprint density at radius 2 is 1.11 bits per heavy atom. The zero-order valence-corrected chi connectivity index (χ0v) is 19.9. The van der Waals surface area contributed by atoms with Crippen molar-refractivity contribution in [2.45, 2.75) is 6.42 Å². The molecule has 0 atom stereocenters. The maximum Gasteiger partial charge on any atom is 0.262 e. The number of carbonyl (C=O) groups excluding carboxylic acids is 2. The lowest BCUT2D eigenvalue weighted by Gasteiger charge is -2.12. The topological polar surface area (TPSA) is 117 Å². The number of phenols is 2. The lowest BCUT2D eigenvalue weighted by Crippen LogP contribution is -2.20. The average Bonchev–Trinajstić information content (AvgIpc) is 2.91. The molecule has 4 rings (SSSR count). The summed E-state index contributed by atoms with van der Waals surface area (Å²) in [6.07, 6.45) is 0.419. The average molecular weight is 499 g/mol. The van der Waals surface area contributed by atoms with Crippen molar-refractivity contribution in [3.05, 3.63) is 108 Å². The van der Waals surface area contributed by atoms with E-state index in [1.165, 1.54) is 6.07 Å². The van der Waals surface area contributed by atoms with Crippen LogP contribution in [0.2, 0.25) is 0 Å². The number of hydrogen-bond acceptors (Lipinski definition) is 6. The van der Waals surface area contributed by atoms with Crippen molar-refractivity contribution in [2.75, 3.05) is 23.8 Å². The molecule has 0 aliphatic rings. The molecule has 8 nitrogen and oxygen atoms in total. The second-order valence-corrected chi connectivity index (χ2v) is 8.18. The van der Waals surface area contributed by atoms with Crippen LogP contribution in [0.4, 0.5) is 11.4 Å². The van der Waals surface area contributed by atoms with E-state index in [9.17, 15) is 19.8 Å². The predicted molar refractivity (Wildman–Crippen MR) is 140 cm³/mol. The Labute approximate surface area is 214 Å². The number of aromatic hydroxyl groups is 2. The van der Waals surface area contributed by atoms with Crippen molar-refractivity contribution in [3.63, 3.8) is 0 Å². The Hall–Kier alpha value is -4.98. The summed E-state index contributed by atoms with van der Waals surface area (Å²) in [5.41, 5.74) is 2.09. The highest BCUT2D eigenvalue weighted by atomic mass is 16.5. The fourth-order valence-electron chi connectivity index (χ4n) is 3.53. The van der Waals surface area contributed by atoms with Crippen LogP contribution in [0.1, 0.15) is 11.1 Å². The molecule has 2 amide bonds. The van der Waals surface area contributed by atoms with Gasteiger partial charge < -0.3 is 30.3 Å². The van der Waals surface area contributed by atoms with Gasteiger partial charge in [0.15, 0.2) is 13.2 Å². The van der Waals surface area contributed by atoms with Crippen molar-refractivity contribution in [1.82, 2.24) is 0 Å². The van der Waals surface area contributed by atoms with E-state index in [4.69, 9.17) is 9.47 Å². The summed E-state index contributed by atoms with van der Waals surface area (Å²) in [5, 5.41) is 25.9. The van der Waals surface area contributed by atoms with Gasteiger partial charge in [-0.25, -0.2) is 0 Å². The number of nitrogens with one attached hydrogen (secondary N) is 2. The predicted octanol–water partition coefficient (Wildman–Crippen LogP) is 4.72. The third-order valence-corrected chi connectivity index (χ3v) is 5.31. The van der Waals surface area contributed by atoms with Crippen LogP contribution in [0.25, 0.3) is 0 Å². The van der Waals surface area contributed by atoms with Crippen LogP contribution in [-0.4, -0.2) is 35.2 Å². The molecule has 0 unspecified atom stereocenters. The summed E-state index contributed by atoms with van der Waals surface area (Å²) >= 11 is 0. The summed E-state index contributed by atoms with van der Waals surface area (Å²) in [6, 6.07) is 27.7. The molecule has 0 aromatic heterocycles. The van der Waals surface area contributed by atoms with E-state index >= 15 is 0 Å². The maximum absolute atomic E-state index is 12.3. The van der Waals surface area contributed by atoms with Gasteiger partial charge in [-0.05, 0) is 66.1 Å². The van der Waals surface area contributed by atoms with Crippen LogP contribution in [0.15, 0.2) is 97.1 Å². The second-order valence-electron chi connectivity index (χ2n) is 8.18. The summed E-state index contributed by atoms with van der Waals surface area (Å²) < 4.78 is 10.9. The van der Waals surface area contributed by atoms with Gasteiger partial charge >= 0.3 is 0 Å². The number of para-hydroxylation sites is 2. The highest BCUT2D eigenvalue weighted by Crippen LogP contribution is 2.28. The Morgan fingerprint density at radius 1 is 0.595 bits per heavy atom. The van der Waals surface area contributed by atoms with Crippen LogP contribution < -0.4 is 20.1 Å². The molecule has 4 N–H and O–H groups in total. The number of ether oxygens (including phenoxy) is 2. The smallest absolute Gasteiger partial charge is 0.262 e. The minimum Gasteiger partial charge on any atom is -0.506 e. The van der Waals surface area contributed by atoms with E-state index in [0.29, 0.717) is 17.9 Å². The lowest BCUT2D eigenvalue weighted by atomic mass is 10.0. The van der Waals surface area contributed by atoms with Crippen LogP contribution in [-0.2, 0) is 16.0 Å². The van der Waals surface area contributed by atoms with Crippen molar-refractivity contribution in [2.24, 2.45) is 0 Å². The number of carbonyl (C=O) groups is 2. The number of amides is 2. The summed E-state index contributed by atoms with van der Waals surface area (Å²) in [7, 11) is 0. The Balaban J connectivity index is 1.33. The normalized spacial score (nSPS) is 10.4. The van der Waals surface area contributed by atoms with Crippen LogP contribution in [0.3, 0.4) is 0 Å². The quantitative estimate of drug-likeness (QED) is 0.235. The molecule has 0 saturated carbocycles. The highest BCUT2D eigenvalue weighted by Gasteiger charge is 2.11. The number of phenolic OH excluding ortho intramolecular Hbond substituents is 2. The molecule has 0 saturated heterocycles. The first-order valence-corrected chi connectivity index (χ1v) is 11.6. The zero-order valence-electron chi connectivity index (χ0n) is 19.9. The first-order chi connectivity index (χ1) is 18.0. The molecule has 0 aliphatic carbocycles. The first-order valence-electron chi connectivity index (χ1n) is 11.6. The van der Waals surface area contributed by atoms with E-state index < -0.39 is 11.8 Å². The SMILES string of the molecule is O=C(COc1ccccc1)Nc1ccc(Cc2ccc(O)c(NC(=O)COc3ccccc3)c2)cc1O. The van der Waals surface area contributed by atoms with Gasteiger partial charge in [0.25, 0.3) is 11.8 Å². The van der Waals surface area contributed by atoms with Gasteiger partial charge in [0.1, 0.15) is 23.0 Å². The molecule has 0 bridgehead atoms. The van der Waals surface area contributed by atoms with E-state index in [1.54, 1.807) is 66.7 Å². The molecule has 4 aromatic rings. The van der Waals surface area contributed by atoms with Crippen LogP contribution in [0, 0.1) is 0 Å². The standard InChI is InChI=1S/C29H26N2O6/c32-26-14-12-20(16-25(26)31-29(35)19-37-23-9-5-2-6-10-23)15-21-11-13-24(27(33)17-21)30-28(34)18-36-22-7-3-1-4-8-22/h1-14,16-17,32-33H,15,18-19H2,(H,30,34)(H,31,35). The Kier molecular flexibility index (Phi) is 8.23. The first kappa shape index (κ1) is 25.1. The molecule has 0 radical (unpaired) electrons. The summed E-state index contributed by atoms with van der Waals surface area (Å²) in [6.45, 7) is -0.394. The van der Waals surface area contributed by atoms with Crippen molar-refractivity contribution in [1.29, 1.82) is 0 Å². The van der Waals surface area contributed by atoms with Gasteiger partial charge in [-0.3, -0.25) is 9.59 Å². The molecule has 0 heterocycles. The van der Waals surface area contributed by atoms with E-state index in [1.807, 2.05) is 24.3 Å². The fraction of sp³-hybridized carbons (Fsp3) is 0.103. The molecule has 37 heavy (non-hydrogen) atoms. The zero-order chi connectivity index (χ0) is 26.0. The van der Waals surface area contributed by atoms with E-state index in [0.717, 1.165) is 11.1 Å². The Bertz CT molecular complexity index is 1360. The highest BCUT2D eigenvalue weighted by molar-refractivity contribution is 5.94. The molecular formula is C29H26N2O6. The number of anilines is 2. The van der Waals surface area contributed by atoms with E-state index in [2.05, 4.69) is 10.6 Å². The van der Waals surface area contributed by atoms with Gasteiger partial charge in [-0.15, -0.1) is 0 Å². The fourth-order valence-corrected chi connectivity index (χ4v) is 3.53. The molecule has 8 heteroatoms. The minimum atomic E-state index is -0.412. The number of rotatable bonds is 10. The Morgan fingerprint density at radius 3 is 1.68 bits per heavy atom. The number of hydrogen-bond donors (Lipinski definition) is 4. The van der Waals surface area contributed by atoms with Crippen molar-refractivity contribution >= 4 is 23.2 Å². The number of benzene rings is 4. The molecule has 0 aliphatic heterocycles. The lowest BCUT2D eigenvalue weighted by molar-refractivity contribution is -0.118. The summed E-state index contributed by atoms with van der Waals surface area (Å²) in [4.78, 5) is 24.5. The van der Waals surface area contributed by atoms with Crippen LogP contribution >= 0.6 is 0 Å². The van der Waals surface area contributed by atoms with Gasteiger partial charge in [0, 0.05) is 0 Å². The van der Waals surface area contributed by atoms with Gasteiger partial charge in [-0.1, -0.05) is 48.5 Å². The maximum atomic E-state index is 12.3. The van der Waals surface area contributed by atoms with Gasteiger partial charge in [0.2, 0.25) is 0 Å². The van der Waals surface area contributed by atoms with Gasteiger partial charge in [-0.2, -0.15) is 0 Å². The second kappa shape index (κ2) is 12.1. The minimum absolute atomic E-state index is 0.0737. The van der Waals surface area contributed by atoms with Crippen LogP contribution in [0.5, 0.6) is 23.0 Å². The monoisotopic (exact) mass is 498 g/mol. The third kappa shape index (κ3) is 7.50. The van der Waals surface area contributed by atoms with Crippen molar-refractivity contribution in [3.8, 4) is 23.0 Å². The molecule has 188 valence electrons. The largest absolute Gasteiger partial charge is 0.506 e. The molecule has 0 spiro atoms. The third-order valence-electron chi connectivity index (χ3n) is 5.31. The van der Waals surface area contributed by atoms with Gasteiger partial charge in [0.05, 0.1) is 11.4 Å². The van der Waals surface area contributed by atoms with Crippen molar-refractivity contribution < 1.29 is 29.3 Å².